The van der Waals surface area contributed by atoms with Crippen molar-refractivity contribution >= 4 is 5.78 Å². The quantitative estimate of drug-likeness (QED) is 0.721. The summed E-state index contributed by atoms with van der Waals surface area (Å²) in [5.41, 5.74) is -0.147. The van der Waals surface area contributed by atoms with Crippen molar-refractivity contribution < 1.29 is 14.6 Å². The Labute approximate surface area is 186 Å². The second kappa shape index (κ2) is 7.69. The summed E-state index contributed by atoms with van der Waals surface area (Å²) in [6.07, 6.45) is 14.1. The molecule has 0 bridgehead atoms. The molecule has 8 atom stereocenters. The molecule has 4 saturated carbocycles. The smallest absolute Gasteiger partial charge is 0.144 e. The van der Waals surface area contributed by atoms with E-state index in [2.05, 4.69) is 23.8 Å². The predicted molar refractivity (Wildman–Crippen MR) is 119 cm³/mol. The fourth-order valence-electron chi connectivity index (χ4n) is 8.93. The van der Waals surface area contributed by atoms with Gasteiger partial charge in [-0.1, -0.05) is 13.8 Å². The first kappa shape index (κ1) is 21.6. The van der Waals surface area contributed by atoms with Crippen molar-refractivity contribution in [3.8, 4) is 0 Å². The molecule has 0 unspecified atom stereocenters. The van der Waals surface area contributed by atoms with E-state index in [1.54, 1.807) is 13.3 Å². The first-order valence-electron chi connectivity index (χ1n) is 12.5. The van der Waals surface area contributed by atoms with Crippen molar-refractivity contribution in [2.24, 2.45) is 40.4 Å². The van der Waals surface area contributed by atoms with Gasteiger partial charge in [-0.25, -0.2) is 4.98 Å². The number of nitrogens with one attached hydrogen (secondary N) is 1. The van der Waals surface area contributed by atoms with Crippen molar-refractivity contribution in [3.63, 3.8) is 0 Å². The van der Waals surface area contributed by atoms with Gasteiger partial charge in [-0.2, -0.15) is 0 Å². The van der Waals surface area contributed by atoms with Crippen LogP contribution in [0.25, 0.3) is 0 Å². The molecule has 0 spiro atoms. The number of ether oxygens (including phenoxy) is 1. The van der Waals surface area contributed by atoms with Gasteiger partial charge in [0, 0.05) is 25.4 Å². The first-order valence-corrected chi connectivity index (χ1v) is 12.5. The number of carbonyl (C=O) groups is 1. The van der Waals surface area contributed by atoms with Gasteiger partial charge in [0.25, 0.3) is 0 Å². The second-order valence-electron chi connectivity index (χ2n) is 11.9. The molecule has 2 N–H and O–H groups in total. The molecular weight excluding hydrogens is 388 g/mol. The summed E-state index contributed by atoms with van der Waals surface area (Å²) in [7, 11) is 1.70. The standard InChI is InChI=1S/C26H40N2O3/c1-24-10-11-26(30,16-31-3)15-17(24)4-5-18-19-6-7-21(25(19,2)9-8-20(18)24)22(29)14-23-27-12-13-28-23/h12-13,17-21,30H,4-11,14-16H2,1-3H3,(H,27,28)/t17-,18-,19+,20-,21+,24-,25-,26+/m0/s1. The molecule has 172 valence electrons. The van der Waals surface area contributed by atoms with Crippen LogP contribution in [0.3, 0.4) is 0 Å². The summed E-state index contributed by atoms with van der Waals surface area (Å²) in [6, 6.07) is 0. The number of fused-ring (bicyclic) bond motifs is 5. The fraction of sp³-hybridized carbons (Fsp3) is 0.846. The van der Waals surface area contributed by atoms with Crippen molar-refractivity contribution in [3.05, 3.63) is 18.2 Å². The van der Waals surface area contributed by atoms with Crippen molar-refractivity contribution in [2.45, 2.75) is 83.7 Å². The molecule has 4 fully saturated rings. The maximum Gasteiger partial charge on any atom is 0.144 e. The Kier molecular flexibility index (Phi) is 5.37. The molecule has 0 aromatic carbocycles. The van der Waals surface area contributed by atoms with Crippen LogP contribution in [0.4, 0.5) is 0 Å². The molecule has 5 rings (SSSR count). The number of rotatable bonds is 5. The minimum absolute atomic E-state index is 0.152. The molecule has 4 aliphatic carbocycles. The molecule has 5 heteroatoms. The molecule has 4 aliphatic rings. The molecule has 0 amide bonds. The Morgan fingerprint density at radius 3 is 2.68 bits per heavy atom. The average molecular weight is 429 g/mol. The van der Waals surface area contributed by atoms with Gasteiger partial charge in [0.1, 0.15) is 11.6 Å². The van der Waals surface area contributed by atoms with Crippen molar-refractivity contribution in [1.82, 2.24) is 9.97 Å². The molecule has 1 aromatic heterocycles. The summed E-state index contributed by atoms with van der Waals surface area (Å²) in [4.78, 5) is 20.7. The lowest BCUT2D eigenvalue weighted by molar-refractivity contribution is -0.164. The van der Waals surface area contributed by atoms with Crippen LogP contribution in [0.5, 0.6) is 0 Å². The van der Waals surface area contributed by atoms with E-state index in [0.717, 1.165) is 43.3 Å². The van der Waals surface area contributed by atoms with Gasteiger partial charge in [0.05, 0.1) is 18.6 Å². The largest absolute Gasteiger partial charge is 0.387 e. The van der Waals surface area contributed by atoms with Crippen LogP contribution in [0.1, 0.15) is 77.5 Å². The van der Waals surface area contributed by atoms with Crippen molar-refractivity contribution in [2.75, 3.05) is 13.7 Å². The average Bonchev–Trinajstić information content (AvgIpc) is 3.35. The van der Waals surface area contributed by atoms with E-state index in [0.29, 0.717) is 36.1 Å². The number of carbonyl (C=O) groups excluding carboxylic acids is 1. The zero-order valence-corrected chi connectivity index (χ0v) is 19.5. The normalized spacial score (nSPS) is 46.8. The Morgan fingerprint density at radius 2 is 1.94 bits per heavy atom. The topological polar surface area (TPSA) is 75.2 Å². The molecule has 0 aliphatic heterocycles. The van der Waals surface area contributed by atoms with Crippen LogP contribution in [-0.4, -0.2) is 40.2 Å². The monoisotopic (exact) mass is 428 g/mol. The lowest BCUT2D eigenvalue weighted by Gasteiger charge is -2.62. The Hall–Kier alpha value is -1.20. The molecule has 1 aromatic rings. The van der Waals surface area contributed by atoms with Crippen molar-refractivity contribution in [1.29, 1.82) is 0 Å². The first-order chi connectivity index (χ1) is 14.8. The summed E-state index contributed by atoms with van der Waals surface area (Å²) >= 11 is 0. The van der Waals surface area contributed by atoms with Gasteiger partial charge < -0.3 is 14.8 Å². The van der Waals surface area contributed by atoms with E-state index in [1.807, 2.05) is 6.20 Å². The fourth-order valence-corrected chi connectivity index (χ4v) is 8.93. The minimum Gasteiger partial charge on any atom is -0.387 e. The highest BCUT2D eigenvalue weighted by atomic mass is 16.5. The molecule has 1 heterocycles. The molecule has 5 nitrogen and oxygen atoms in total. The number of H-pyrrole nitrogens is 1. The lowest BCUT2D eigenvalue weighted by Crippen LogP contribution is -2.56. The highest BCUT2D eigenvalue weighted by molar-refractivity contribution is 5.83. The zero-order chi connectivity index (χ0) is 21.9. The zero-order valence-electron chi connectivity index (χ0n) is 19.5. The van der Waals surface area contributed by atoms with Crippen LogP contribution < -0.4 is 0 Å². The summed E-state index contributed by atoms with van der Waals surface area (Å²) in [6.45, 7) is 5.42. The maximum absolute atomic E-state index is 13.3. The number of aliphatic hydroxyl groups is 1. The highest BCUT2D eigenvalue weighted by Gasteiger charge is 2.62. The van der Waals surface area contributed by atoms with E-state index < -0.39 is 5.60 Å². The number of nitrogens with zero attached hydrogens (tertiary/aromatic N) is 1. The Balaban J connectivity index is 1.33. The number of hydrogen-bond acceptors (Lipinski definition) is 4. The van der Waals surface area contributed by atoms with Gasteiger partial charge in [0.15, 0.2) is 0 Å². The summed E-state index contributed by atoms with van der Waals surface area (Å²) < 4.78 is 5.36. The Bertz CT molecular complexity index is 810. The molecule has 0 saturated heterocycles. The van der Waals surface area contributed by atoms with Gasteiger partial charge >= 0.3 is 0 Å². The number of aromatic amines is 1. The van der Waals surface area contributed by atoms with Crippen LogP contribution >= 0.6 is 0 Å². The third-order valence-electron chi connectivity index (χ3n) is 10.5. The third-order valence-corrected chi connectivity index (χ3v) is 10.5. The number of ketones is 1. The van der Waals surface area contributed by atoms with Gasteiger partial charge in [-0.3, -0.25) is 4.79 Å². The highest BCUT2D eigenvalue weighted by Crippen LogP contribution is 2.68. The van der Waals surface area contributed by atoms with Gasteiger partial charge in [0.2, 0.25) is 0 Å². The van der Waals surface area contributed by atoms with E-state index in [1.165, 1.54) is 32.1 Å². The van der Waals surface area contributed by atoms with Crippen LogP contribution in [0.2, 0.25) is 0 Å². The van der Waals surface area contributed by atoms with Gasteiger partial charge in [-0.05, 0) is 92.3 Å². The molecule has 0 radical (unpaired) electrons. The van der Waals surface area contributed by atoms with Crippen LogP contribution in [0, 0.1) is 40.4 Å². The van der Waals surface area contributed by atoms with Crippen LogP contribution in [-0.2, 0) is 16.0 Å². The van der Waals surface area contributed by atoms with Gasteiger partial charge in [-0.15, -0.1) is 0 Å². The predicted octanol–water partition coefficient (Wildman–Crippen LogP) is 4.56. The number of aromatic nitrogens is 2. The Morgan fingerprint density at radius 1 is 1.13 bits per heavy atom. The number of Topliss-reactive ketones (excluding diaryl/α,β-unsaturated/α-hetero) is 1. The molecule has 31 heavy (non-hydrogen) atoms. The van der Waals surface area contributed by atoms with E-state index >= 15 is 0 Å². The SMILES string of the molecule is COC[C@@]1(O)CC[C@@]2(C)[C@@H](CC[C@H]3[C@H]4CC[C@H](C(=O)Cc5ncc[nH]5)[C@@]4(C)CC[C@@H]32)C1. The van der Waals surface area contributed by atoms with E-state index in [9.17, 15) is 9.90 Å². The third kappa shape index (κ3) is 3.42. The second-order valence-corrected chi connectivity index (χ2v) is 11.9. The number of imidazole rings is 1. The van der Waals surface area contributed by atoms with Crippen LogP contribution in [0.15, 0.2) is 12.4 Å². The van der Waals surface area contributed by atoms with E-state index in [-0.39, 0.29) is 11.3 Å². The summed E-state index contributed by atoms with van der Waals surface area (Å²) in [5, 5.41) is 11.0. The number of hydrogen-bond donors (Lipinski definition) is 2. The summed E-state index contributed by atoms with van der Waals surface area (Å²) in [5.74, 6) is 4.15. The maximum atomic E-state index is 13.3. The van der Waals surface area contributed by atoms with E-state index in [4.69, 9.17) is 4.74 Å². The molecular formula is C26H40N2O3. The number of methoxy groups -OCH3 is 1. The lowest BCUT2D eigenvalue weighted by atomic mass is 9.44. The minimum atomic E-state index is -0.633.